The predicted molar refractivity (Wildman–Crippen MR) is 126 cm³/mol. The number of hydrogen-bond acceptors (Lipinski definition) is 4. The molecule has 0 unspecified atom stereocenters. The summed E-state index contributed by atoms with van der Waals surface area (Å²) in [5.41, 5.74) is 2.53. The standard InChI is InChI=1S/C25H34N2O3S/c1-18(2)16-26-13-7-15-30-21-9-11-22(12-10-21)31(28,29)25-23(19(3)4)17-27-14-6-8-20(5)24(25)27/h6,8-12,14,17-19,26H,7,13,15-16H2,1-5H3. The van der Waals surface area contributed by atoms with E-state index in [0.717, 1.165) is 36.2 Å². The number of aryl methyl sites for hydroxylation is 1. The Morgan fingerprint density at radius 3 is 2.42 bits per heavy atom. The third-order valence-electron chi connectivity index (χ3n) is 5.32. The molecule has 0 aliphatic heterocycles. The molecule has 5 nitrogen and oxygen atoms in total. The van der Waals surface area contributed by atoms with Gasteiger partial charge in [0.25, 0.3) is 0 Å². The van der Waals surface area contributed by atoms with E-state index >= 15 is 0 Å². The van der Waals surface area contributed by atoms with Crippen molar-refractivity contribution in [3.8, 4) is 5.75 Å². The zero-order chi connectivity index (χ0) is 22.6. The number of sulfone groups is 1. The minimum atomic E-state index is -3.66. The zero-order valence-corrected chi connectivity index (χ0v) is 20.0. The number of ether oxygens (including phenoxy) is 1. The molecule has 1 aromatic carbocycles. The average Bonchev–Trinajstić information content (AvgIpc) is 3.13. The molecule has 168 valence electrons. The maximum Gasteiger partial charge on any atom is 0.209 e. The summed E-state index contributed by atoms with van der Waals surface area (Å²) in [5.74, 6) is 1.41. The highest BCUT2D eigenvalue weighted by Crippen LogP contribution is 2.35. The van der Waals surface area contributed by atoms with Crippen LogP contribution in [0, 0.1) is 12.8 Å². The van der Waals surface area contributed by atoms with Crippen molar-refractivity contribution >= 4 is 15.4 Å². The van der Waals surface area contributed by atoms with Crippen molar-refractivity contribution in [1.29, 1.82) is 0 Å². The maximum absolute atomic E-state index is 13.6. The lowest BCUT2D eigenvalue weighted by Gasteiger charge is -2.12. The van der Waals surface area contributed by atoms with Crippen molar-refractivity contribution in [1.82, 2.24) is 9.72 Å². The van der Waals surface area contributed by atoms with Crippen LogP contribution in [0.4, 0.5) is 0 Å². The number of benzene rings is 1. The molecule has 3 aromatic rings. The smallest absolute Gasteiger partial charge is 0.209 e. The molecule has 2 heterocycles. The first-order valence-corrected chi connectivity index (χ1v) is 12.5. The first kappa shape index (κ1) is 23.4. The van der Waals surface area contributed by atoms with E-state index in [2.05, 4.69) is 19.2 Å². The van der Waals surface area contributed by atoms with Crippen molar-refractivity contribution in [2.24, 2.45) is 5.92 Å². The number of nitrogens with zero attached hydrogens (tertiary/aromatic N) is 1. The Bertz CT molecular complexity index is 1110. The van der Waals surface area contributed by atoms with Crippen molar-refractivity contribution in [3.63, 3.8) is 0 Å². The van der Waals surface area contributed by atoms with Gasteiger partial charge in [0.05, 0.1) is 17.0 Å². The summed E-state index contributed by atoms with van der Waals surface area (Å²) >= 11 is 0. The van der Waals surface area contributed by atoms with E-state index in [4.69, 9.17) is 4.74 Å². The highest BCUT2D eigenvalue weighted by atomic mass is 32.2. The number of pyridine rings is 1. The first-order valence-electron chi connectivity index (χ1n) is 11.0. The van der Waals surface area contributed by atoms with Gasteiger partial charge in [-0.25, -0.2) is 8.42 Å². The van der Waals surface area contributed by atoms with Crippen LogP contribution in [0.25, 0.3) is 5.52 Å². The van der Waals surface area contributed by atoms with Gasteiger partial charge < -0.3 is 14.5 Å². The van der Waals surface area contributed by atoms with Gasteiger partial charge in [0.15, 0.2) is 0 Å². The molecule has 6 heteroatoms. The van der Waals surface area contributed by atoms with Crippen LogP contribution < -0.4 is 10.1 Å². The largest absolute Gasteiger partial charge is 0.494 e. The van der Waals surface area contributed by atoms with Crippen LogP contribution in [0.1, 0.15) is 51.2 Å². The van der Waals surface area contributed by atoms with Gasteiger partial charge in [-0.15, -0.1) is 0 Å². The normalized spacial score (nSPS) is 12.2. The summed E-state index contributed by atoms with van der Waals surface area (Å²) in [4.78, 5) is 0.696. The molecule has 0 saturated carbocycles. The van der Waals surface area contributed by atoms with Crippen molar-refractivity contribution in [2.75, 3.05) is 19.7 Å². The second-order valence-corrected chi connectivity index (χ2v) is 10.7. The lowest BCUT2D eigenvalue weighted by molar-refractivity contribution is 0.307. The predicted octanol–water partition coefficient (Wildman–Crippen LogP) is 5.22. The van der Waals surface area contributed by atoms with E-state index < -0.39 is 9.84 Å². The average molecular weight is 443 g/mol. The SMILES string of the molecule is Cc1cccn2cc(C(C)C)c(S(=O)(=O)c3ccc(OCCCNCC(C)C)cc3)c12. The third-order valence-corrected chi connectivity index (χ3v) is 7.18. The van der Waals surface area contributed by atoms with Gasteiger partial charge >= 0.3 is 0 Å². The van der Waals surface area contributed by atoms with E-state index in [1.165, 1.54) is 0 Å². The fourth-order valence-corrected chi connectivity index (χ4v) is 5.54. The van der Waals surface area contributed by atoms with Gasteiger partial charge in [0.2, 0.25) is 9.84 Å². The molecule has 1 N–H and O–H groups in total. The molecule has 31 heavy (non-hydrogen) atoms. The molecule has 0 spiro atoms. The van der Waals surface area contributed by atoms with Crippen LogP contribution in [-0.4, -0.2) is 32.5 Å². The van der Waals surface area contributed by atoms with Crippen LogP contribution in [0.15, 0.2) is 58.6 Å². The number of nitrogens with one attached hydrogen (secondary N) is 1. The Balaban J connectivity index is 1.80. The topological polar surface area (TPSA) is 59.8 Å². The van der Waals surface area contributed by atoms with Gasteiger partial charge in [-0.05, 0) is 79.7 Å². The number of hydrogen-bond donors (Lipinski definition) is 1. The molecule has 3 rings (SSSR count). The third kappa shape index (κ3) is 5.31. The molecule has 0 amide bonds. The number of rotatable bonds is 10. The zero-order valence-electron chi connectivity index (χ0n) is 19.2. The van der Waals surface area contributed by atoms with Gasteiger partial charge in [-0.2, -0.15) is 0 Å². The number of aromatic nitrogens is 1. The van der Waals surface area contributed by atoms with E-state index in [-0.39, 0.29) is 10.8 Å². The molecule has 2 aromatic heterocycles. The Morgan fingerprint density at radius 1 is 1.06 bits per heavy atom. The Morgan fingerprint density at radius 2 is 1.77 bits per heavy atom. The fourth-order valence-electron chi connectivity index (χ4n) is 3.69. The summed E-state index contributed by atoms with van der Waals surface area (Å²) in [6, 6.07) is 10.7. The Labute approximate surface area is 186 Å². The highest BCUT2D eigenvalue weighted by Gasteiger charge is 2.28. The fraction of sp³-hybridized carbons (Fsp3) is 0.440. The van der Waals surface area contributed by atoms with Gasteiger partial charge in [-0.3, -0.25) is 0 Å². The quantitative estimate of drug-likeness (QED) is 0.438. The molecule has 0 bridgehead atoms. The molecular weight excluding hydrogens is 408 g/mol. The summed E-state index contributed by atoms with van der Waals surface area (Å²) < 4.78 is 34.9. The van der Waals surface area contributed by atoms with Crippen molar-refractivity contribution in [3.05, 3.63) is 59.9 Å². The lowest BCUT2D eigenvalue weighted by atomic mass is 10.1. The van der Waals surface area contributed by atoms with Crippen LogP contribution in [0.5, 0.6) is 5.75 Å². The van der Waals surface area contributed by atoms with Crippen LogP contribution in [0.2, 0.25) is 0 Å². The van der Waals surface area contributed by atoms with E-state index in [1.807, 2.05) is 49.7 Å². The van der Waals surface area contributed by atoms with E-state index in [0.29, 0.717) is 23.2 Å². The second-order valence-electron chi connectivity index (χ2n) is 8.79. The van der Waals surface area contributed by atoms with Crippen LogP contribution in [-0.2, 0) is 9.84 Å². The number of fused-ring (bicyclic) bond motifs is 1. The Hall–Kier alpha value is -2.31. The van der Waals surface area contributed by atoms with Gasteiger partial charge in [-0.1, -0.05) is 33.8 Å². The maximum atomic E-state index is 13.6. The van der Waals surface area contributed by atoms with Crippen molar-refractivity contribution < 1.29 is 13.2 Å². The highest BCUT2D eigenvalue weighted by molar-refractivity contribution is 7.91. The van der Waals surface area contributed by atoms with Crippen LogP contribution >= 0.6 is 0 Å². The molecule has 0 saturated heterocycles. The molecule has 0 atom stereocenters. The summed E-state index contributed by atoms with van der Waals surface area (Å²) in [7, 11) is -3.66. The monoisotopic (exact) mass is 442 g/mol. The molecule has 0 aliphatic rings. The molecule has 0 fully saturated rings. The lowest BCUT2D eigenvalue weighted by Crippen LogP contribution is -2.22. The van der Waals surface area contributed by atoms with E-state index in [1.54, 1.807) is 24.3 Å². The van der Waals surface area contributed by atoms with Crippen LogP contribution in [0.3, 0.4) is 0 Å². The summed E-state index contributed by atoms with van der Waals surface area (Å²) in [5, 5.41) is 3.39. The van der Waals surface area contributed by atoms with Gasteiger partial charge in [0, 0.05) is 12.4 Å². The molecular formula is C25H34N2O3S. The molecule has 0 radical (unpaired) electrons. The minimum Gasteiger partial charge on any atom is -0.494 e. The summed E-state index contributed by atoms with van der Waals surface area (Å²) in [6.45, 7) is 12.9. The molecule has 0 aliphatic carbocycles. The first-order chi connectivity index (χ1) is 14.7. The minimum absolute atomic E-state index is 0.0935. The summed E-state index contributed by atoms with van der Waals surface area (Å²) in [6.07, 6.45) is 4.74. The van der Waals surface area contributed by atoms with E-state index in [9.17, 15) is 8.42 Å². The van der Waals surface area contributed by atoms with Crippen molar-refractivity contribution in [2.45, 2.75) is 56.7 Å². The second kappa shape index (κ2) is 9.88. The Kier molecular flexibility index (Phi) is 7.44. The van der Waals surface area contributed by atoms with Gasteiger partial charge in [0.1, 0.15) is 10.6 Å².